The lowest BCUT2D eigenvalue weighted by Gasteiger charge is -2.29. The van der Waals surface area contributed by atoms with Crippen molar-refractivity contribution >= 4 is 5.91 Å². The first-order valence-corrected chi connectivity index (χ1v) is 9.04. The molecule has 6 nitrogen and oxygen atoms in total. The van der Waals surface area contributed by atoms with Gasteiger partial charge in [-0.25, -0.2) is 4.68 Å². The quantitative estimate of drug-likeness (QED) is 0.887. The number of nitrogens with zero attached hydrogens (tertiary/aromatic N) is 3. The van der Waals surface area contributed by atoms with E-state index >= 15 is 0 Å². The summed E-state index contributed by atoms with van der Waals surface area (Å²) in [5, 5.41) is 17.2. The number of nitrogens with one attached hydrogen (secondary N) is 1. The Morgan fingerprint density at radius 2 is 2.04 bits per heavy atom. The molecule has 132 valence electrons. The highest BCUT2D eigenvalue weighted by atomic mass is 16.3. The Morgan fingerprint density at radius 1 is 1.20 bits per heavy atom. The second-order valence-corrected chi connectivity index (χ2v) is 7.01. The van der Waals surface area contributed by atoms with Gasteiger partial charge in [-0.2, -0.15) is 5.10 Å². The highest BCUT2D eigenvalue weighted by Crippen LogP contribution is 2.27. The molecule has 1 aromatic carbocycles. The van der Waals surface area contributed by atoms with Crippen molar-refractivity contribution in [3.8, 4) is 5.69 Å². The van der Waals surface area contributed by atoms with E-state index in [9.17, 15) is 9.90 Å². The number of aliphatic hydroxyl groups is 1. The van der Waals surface area contributed by atoms with Gasteiger partial charge in [-0.15, -0.1) is 0 Å². The van der Waals surface area contributed by atoms with Crippen molar-refractivity contribution in [2.24, 2.45) is 0 Å². The summed E-state index contributed by atoms with van der Waals surface area (Å²) in [5.74, 6) is -0.0244. The fraction of sp³-hybridized carbons (Fsp3) is 0.474. The molecule has 0 spiro atoms. The molecule has 4 rings (SSSR count). The summed E-state index contributed by atoms with van der Waals surface area (Å²) in [6.45, 7) is 1.66. The zero-order valence-corrected chi connectivity index (χ0v) is 14.2. The summed E-state index contributed by atoms with van der Waals surface area (Å²) in [5.41, 5.74) is 1.61. The third-order valence-electron chi connectivity index (χ3n) is 5.36. The predicted molar refractivity (Wildman–Crippen MR) is 94.7 cm³/mol. The first-order valence-electron chi connectivity index (χ1n) is 9.04. The molecule has 0 bridgehead atoms. The molecule has 1 aromatic heterocycles. The number of aromatic nitrogens is 2. The number of amides is 1. The van der Waals surface area contributed by atoms with Crippen LogP contribution in [0, 0.1) is 0 Å². The zero-order valence-electron chi connectivity index (χ0n) is 14.2. The van der Waals surface area contributed by atoms with Gasteiger partial charge in [0.05, 0.1) is 11.8 Å². The second kappa shape index (κ2) is 6.98. The minimum atomic E-state index is -0.216. The van der Waals surface area contributed by atoms with Crippen LogP contribution in [-0.4, -0.2) is 57.0 Å². The van der Waals surface area contributed by atoms with Gasteiger partial charge < -0.3 is 10.4 Å². The number of aliphatic hydroxyl groups excluding tert-OH is 1. The summed E-state index contributed by atoms with van der Waals surface area (Å²) in [6, 6.07) is 9.89. The minimum Gasteiger partial charge on any atom is -0.392 e. The molecule has 3 atom stereocenters. The maximum Gasteiger partial charge on any atom is 0.251 e. The van der Waals surface area contributed by atoms with Gasteiger partial charge in [-0.1, -0.05) is 0 Å². The molecular formula is C19H24N4O2. The van der Waals surface area contributed by atoms with Crippen LogP contribution in [-0.2, 0) is 0 Å². The Kier molecular flexibility index (Phi) is 4.55. The van der Waals surface area contributed by atoms with Crippen LogP contribution in [0.3, 0.4) is 0 Å². The fourth-order valence-corrected chi connectivity index (χ4v) is 4.05. The minimum absolute atomic E-state index is 0.0244. The molecule has 1 aliphatic heterocycles. The third kappa shape index (κ3) is 3.45. The van der Waals surface area contributed by atoms with E-state index in [-0.39, 0.29) is 18.1 Å². The van der Waals surface area contributed by atoms with Crippen molar-refractivity contribution < 1.29 is 9.90 Å². The van der Waals surface area contributed by atoms with Crippen LogP contribution in [0.2, 0.25) is 0 Å². The number of β-amino-alcohol motifs (C(OH)–C–C–N with tert-alkyl or cyclic N) is 1. The Balaban J connectivity index is 1.41. The highest BCUT2D eigenvalue weighted by molar-refractivity contribution is 5.94. The first-order chi connectivity index (χ1) is 12.2. The van der Waals surface area contributed by atoms with E-state index in [2.05, 4.69) is 15.3 Å². The molecule has 25 heavy (non-hydrogen) atoms. The van der Waals surface area contributed by atoms with Crippen LogP contribution in [0.1, 0.15) is 36.0 Å². The van der Waals surface area contributed by atoms with Gasteiger partial charge in [-0.3, -0.25) is 9.69 Å². The number of likely N-dealkylation sites (tertiary alicyclic amines) is 1. The highest BCUT2D eigenvalue weighted by Gasteiger charge is 2.36. The lowest BCUT2D eigenvalue weighted by atomic mass is 10.1. The van der Waals surface area contributed by atoms with Crippen molar-refractivity contribution in [2.75, 3.05) is 13.1 Å². The Morgan fingerprint density at radius 3 is 2.72 bits per heavy atom. The summed E-state index contributed by atoms with van der Waals surface area (Å²) in [6.07, 6.45) is 7.46. The van der Waals surface area contributed by atoms with Crippen molar-refractivity contribution in [3.63, 3.8) is 0 Å². The molecular weight excluding hydrogens is 316 g/mol. The molecule has 2 heterocycles. The van der Waals surface area contributed by atoms with Gasteiger partial charge in [0.15, 0.2) is 0 Å². The van der Waals surface area contributed by atoms with Gasteiger partial charge in [-0.05, 0) is 56.0 Å². The SMILES string of the molecule is O=C(N[C@@H]1CCC[C@@H]1N1CCC(O)C1)c1ccc(-n2cccn2)cc1. The summed E-state index contributed by atoms with van der Waals surface area (Å²) in [7, 11) is 0. The maximum atomic E-state index is 12.6. The smallest absolute Gasteiger partial charge is 0.251 e. The van der Waals surface area contributed by atoms with Gasteiger partial charge in [0.25, 0.3) is 5.91 Å². The molecule has 1 aliphatic carbocycles. The molecule has 1 unspecified atom stereocenters. The topological polar surface area (TPSA) is 70.4 Å². The molecule has 2 N–H and O–H groups in total. The second-order valence-electron chi connectivity index (χ2n) is 7.01. The number of carbonyl (C=O) groups excluding carboxylic acids is 1. The van der Waals surface area contributed by atoms with E-state index in [4.69, 9.17) is 0 Å². The van der Waals surface area contributed by atoms with Crippen LogP contribution >= 0.6 is 0 Å². The molecule has 1 saturated heterocycles. The molecule has 1 saturated carbocycles. The van der Waals surface area contributed by atoms with Crippen LogP contribution < -0.4 is 5.32 Å². The lowest BCUT2D eigenvalue weighted by molar-refractivity contribution is 0.0906. The van der Waals surface area contributed by atoms with Gasteiger partial charge in [0, 0.05) is 43.1 Å². The van der Waals surface area contributed by atoms with Crippen LogP contribution in [0.4, 0.5) is 0 Å². The van der Waals surface area contributed by atoms with Crippen molar-refractivity contribution in [2.45, 2.75) is 43.9 Å². The van der Waals surface area contributed by atoms with E-state index in [0.717, 1.165) is 44.5 Å². The van der Waals surface area contributed by atoms with Crippen molar-refractivity contribution in [1.82, 2.24) is 20.0 Å². The average molecular weight is 340 g/mol. The van der Waals surface area contributed by atoms with E-state index in [1.165, 1.54) is 0 Å². The van der Waals surface area contributed by atoms with E-state index in [0.29, 0.717) is 11.6 Å². The third-order valence-corrected chi connectivity index (χ3v) is 5.36. The zero-order chi connectivity index (χ0) is 17.2. The van der Waals surface area contributed by atoms with E-state index in [1.54, 1.807) is 10.9 Å². The standard InChI is InChI=1S/C19H24N4O2/c24-16-9-12-22(13-16)18-4-1-3-17(18)21-19(25)14-5-7-15(8-6-14)23-11-2-10-20-23/h2,5-8,10-11,16-18,24H,1,3-4,9,12-13H2,(H,21,25)/t16?,17-,18+/m1/s1. The number of benzene rings is 1. The van der Waals surface area contributed by atoms with Crippen molar-refractivity contribution in [3.05, 3.63) is 48.3 Å². The first kappa shape index (κ1) is 16.3. The Hall–Kier alpha value is -2.18. The monoisotopic (exact) mass is 340 g/mol. The van der Waals surface area contributed by atoms with Gasteiger partial charge in [0.1, 0.15) is 0 Å². The molecule has 6 heteroatoms. The predicted octanol–water partition coefficient (Wildman–Crippen LogP) is 1.59. The van der Waals surface area contributed by atoms with E-state index in [1.807, 2.05) is 36.5 Å². The van der Waals surface area contributed by atoms with Crippen LogP contribution in [0.25, 0.3) is 5.69 Å². The Bertz CT molecular complexity index is 714. The van der Waals surface area contributed by atoms with Crippen LogP contribution in [0.5, 0.6) is 0 Å². The Labute approximate surface area is 147 Å². The number of hydrogen-bond donors (Lipinski definition) is 2. The van der Waals surface area contributed by atoms with Gasteiger partial charge in [0.2, 0.25) is 0 Å². The van der Waals surface area contributed by atoms with Crippen LogP contribution in [0.15, 0.2) is 42.7 Å². The summed E-state index contributed by atoms with van der Waals surface area (Å²) in [4.78, 5) is 15.0. The molecule has 0 radical (unpaired) electrons. The lowest BCUT2D eigenvalue weighted by Crippen LogP contribution is -2.48. The fourth-order valence-electron chi connectivity index (χ4n) is 4.05. The number of carbonyl (C=O) groups is 1. The molecule has 2 aromatic rings. The summed E-state index contributed by atoms with van der Waals surface area (Å²) >= 11 is 0. The molecule has 1 amide bonds. The largest absolute Gasteiger partial charge is 0.392 e. The average Bonchev–Trinajstić information content (AvgIpc) is 3.36. The number of rotatable bonds is 4. The normalized spacial score (nSPS) is 26.8. The summed E-state index contributed by atoms with van der Waals surface area (Å²) < 4.78 is 1.77. The van der Waals surface area contributed by atoms with E-state index < -0.39 is 0 Å². The number of hydrogen-bond acceptors (Lipinski definition) is 4. The molecule has 2 aliphatic rings. The molecule has 2 fully saturated rings. The van der Waals surface area contributed by atoms with Gasteiger partial charge >= 0.3 is 0 Å². The maximum absolute atomic E-state index is 12.6. The van der Waals surface area contributed by atoms with Crippen molar-refractivity contribution in [1.29, 1.82) is 0 Å².